The molecule has 0 saturated carbocycles. The Kier molecular flexibility index (Phi) is 4.05. The number of rotatable bonds is 2. The predicted molar refractivity (Wildman–Crippen MR) is 74.7 cm³/mol. The highest BCUT2D eigenvalue weighted by molar-refractivity contribution is 7.15. The highest BCUT2D eigenvalue weighted by Crippen LogP contribution is 2.31. The maximum absolute atomic E-state index is 5.96. The molecule has 0 radical (unpaired) electrons. The number of nitrogens with zero attached hydrogens (tertiary/aromatic N) is 2. The number of hydrogen-bond acceptors (Lipinski definition) is 4. The van der Waals surface area contributed by atoms with Crippen LogP contribution < -0.4 is 10.6 Å². The zero-order valence-corrected chi connectivity index (χ0v) is 11.9. The van der Waals surface area contributed by atoms with E-state index in [0.29, 0.717) is 0 Å². The first-order valence-electron chi connectivity index (χ1n) is 6.55. The predicted octanol–water partition coefficient (Wildman–Crippen LogP) is 3.10. The van der Waals surface area contributed by atoms with Crippen LogP contribution in [0.2, 0.25) is 0 Å². The smallest absolute Gasteiger partial charge is 0.185 e. The first-order valence-corrected chi connectivity index (χ1v) is 7.37. The van der Waals surface area contributed by atoms with E-state index in [4.69, 9.17) is 5.73 Å². The monoisotopic (exact) mass is 253 g/mol. The van der Waals surface area contributed by atoms with E-state index in [1.165, 1.54) is 29.3 Å². The molecule has 1 aliphatic heterocycles. The van der Waals surface area contributed by atoms with Gasteiger partial charge in [-0.2, -0.15) is 0 Å². The second-order valence-electron chi connectivity index (χ2n) is 5.26. The van der Waals surface area contributed by atoms with E-state index < -0.39 is 0 Å². The summed E-state index contributed by atoms with van der Waals surface area (Å²) >= 11 is 1.77. The Labute approximate surface area is 108 Å². The molecule has 0 aliphatic carbocycles. The molecule has 2 atom stereocenters. The molecule has 0 amide bonds. The van der Waals surface area contributed by atoms with Gasteiger partial charge in [0.25, 0.3) is 0 Å². The van der Waals surface area contributed by atoms with Gasteiger partial charge >= 0.3 is 0 Å². The van der Waals surface area contributed by atoms with Crippen molar-refractivity contribution in [3.63, 3.8) is 0 Å². The number of aromatic nitrogens is 1. The van der Waals surface area contributed by atoms with Gasteiger partial charge in [0, 0.05) is 24.0 Å². The number of nitrogens with two attached hydrogens (primary N) is 1. The molecule has 17 heavy (non-hydrogen) atoms. The summed E-state index contributed by atoms with van der Waals surface area (Å²) in [6.07, 6.45) is 3.92. The van der Waals surface area contributed by atoms with Gasteiger partial charge in [-0.25, -0.2) is 4.98 Å². The van der Waals surface area contributed by atoms with E-state index in [1.807, 2.05) is 6.92 Å². The summed E-state index contributed by atoms with van der Waals surface area (Å²) in [4.78, 5) is 8.36. The molecule has 1 saturated heterocycles. The summed E-state index contributed by atoms with van der Waals surface area (Å²) in [6, 6.07) is 0.104. The van der Waals surface area contributed by atoms with Crippen LogP contribution in [-0.4, -0.2) is 18.1 Å². The lowest BCUT2D eigenvalue weighted by molar-refractivity contribution is 0.521. The summed E-state index contributed by atoms with van der Waals surface area (Å²) in [5.41, 5.74) is 7.07. The van der Waals surface area contributed by atoms with Crippen LogP contribution in [0.25, 0.3) is 0 Å². The van der Waals surface area contributed by atoms with E-state index in [2.05, 4.69) is 23.7 Å². The average Bonchev–Trinajstić information content (AvgIpc) is 2.52. The maximum atomic E-state index is 5.96. The number of anilines is 1. The van der Waals surface area contributed by atoms with E-state index in [9.17, 15) is 0 Å². The van der Waals surface area contributed by atoms with Gasteiger partial charge in [-0.15, -0.1) is 11.3 Å². The SMILES string of the molecule is Cc1nc(N2CCCC(C)CC2)sc1C(C)N. The Morgan fingerprint density at radius 2 is 2.18 bits per heavy atom. The standard InChI is InChI=1S/C13H23N3S/c1-9-5-4-7-16(8-6-9)13-15-11(3)12(17-13)10(2)14/h9-10H,4-8,14H2,1-3H3. The fourth-order valence-electron chi connectivity index (χ4n) is 2.41. The molecule has 2 unspecified atom stereocenters. The molecule has 1 aromatic rings. The second kappa shape index (κ2) is 5.36. The van der Waals surface area contributed by atoms with Crippen molar-refractivity contribution in [3.05, 3.63) is 10.6 Å². The van der Waals surface area contributed by atoms with Crippen molar-refractivity contribution in [2.75, 3.05) is 18.0 Å². The van der Waals surface area contributed by atoms with Crippen LogP contribution in [0.4, 0.5) is 5.13 Å². The molecule has 2 heterocycles. The molecular formula is C13H23N3S. The van der Waals surface area contributed by atoms with Crippen LogP contribution in [-0.2, 0) is 0 Å². The lowest BCUT2D eigenvalue weighted by atomic mass is 10.0. The Hall–Kier alpha value is -0.610. The Bertz CT molecular complexity index is 373. The van der Waals surface area contributed by atoms with Crippen molar-refractivity contribution in [2.45, 2.75) is 46.1 Å². The molecule has 1 fully saturated rings. The highest BCUT2D eigenvalue weighted by atomic mass is 32.1. The Morgan fingerprint density at radius 3 is 2.82 bits per heavy atom. The van der Waals surface area contributed by atoms with Gasteiger partial charge in [0.2, 0.25) is 0 Å². The molecule has 1 aliphatic rings. The zero-order chi connectivity index (χ0) is 12.4. The second-order valence-corrected chi connectivity index (χ2v) is 6.27. The van der Waals surface area contributed by atoms with Gasteiger partial charge in [0.05, 0.1) is 5.69 Å². The van der Waals surface area contributed by atoms with Gasteiger partial charge < -0.3 is 10.6 Å². The van der Waals surface area contributed by atoms with Crippen LogP contribution in [0.3, 0.4) is 0 Å². The van der Waals surface area contributed by atoms with E-state index in [1.54, 1.807) is 11.3 Å². The van der Waals surface area contributed by atoms with Gasteiger partial charge in [-0.3, -0.25) is 0 Å². The van der Waals surface area contributed by atoms with Crippen LogP contribution in [0.1, 0.15) is 49.7 Å². The third-order valence-electron chi connectivity index (χ3n) is 3.52. The van der Waals surface area contributed by atoms with Crippen LogP contribution >= 0.6 is 11.3 Å². The van der Waals surface area contributed by atoms with Crippen molar-refractivity contribution in [1.82, 2.24) is 4.98 Å². The lowest BCUT2D eigenvalue weighted by Gasteiger charge is -2.18. The summed E-state index contributed by atoms with van der Waals surface area (Å²) in [5, 5.41) is 1.17. The first-order chi connectivity index (χ1) is 8.08. The fraction of sp³-hybridized carbons (Fsp3) is 0.769. The zero-order valence-electron chi connectivity index (χ0n) is 11.1. The normalized spacial score (nSPS) is 23.5. The number of aryl methyl sites for hydroxylation is 1. The van der Waals surface area contributed by atoms with E-state index in [-0.39, 0.29) is 6.04 Å². The molecule has 0 bridgehead atoms. The summed E-state index contributed by atoms with van der Waals surface area (Å²) in [5.74, 6) is 0.856. The quantitative estimate of drug-likeness (QED) is 0.880. The van der Waals surface area contributed by atoms with Crippen molar-refractivity contribution >= 4 is 16.5 Å². The van der Waals surface area contributed by atoms with Gasteiger partial charge in [-0.1, -0.05) is 6.92 Å². The lowest BCUT2D eigenvalue weighted by Crippen LogP contribution is -2.23. The highest BCUT2D eigenvalue weighted by Gasteiger charge is 2.19. The van der Waals surface area contributed by atoms with Crippen molar-refractivity contribution < 1.29 is 0 Å². The molecule has 1 aromatic heterocycles. The van der Waals surface area contributed by atoms with E-state index >= 15 is 0 Å². The van der Waals surface area contributed by atoms with Crippen molar-refractivity contribution in [3.8, 4) is 0 Å². The molecule has 2 N–H and O–H groups in total. The van der Waals surface area contributed by atoms with Crippen LogP contribution in [0.5, 0.6) is 0 Å². The number of thiazole rings is 1. The van der Waals surface area contributed by atoms with Gasteiger partial charge in [-0.05, 0) is 39.0 Å². The summed E-state index contributed by atoms with van der Waals surface area (Å²) < 4.78 is 0. The van der Waals surface area contributed by atoms with E-state index in [0.717, 1.165) is 24.7 Å². The van der Waals surface area contributed by atoms with Crippen LogP contribution in [0.15, 0.2) is 0 Å². The maximum Gasteiger partial charge on any atom is 0.185 e. The third-order valence-corrected chi connectivity index (χ3v) is 4.94. The number of hydrogen-bond donors (Lipinski definition) is 1. The topological polar surface area (TPSA) is 42.2 Å². The third kappa shape index (κ3) is 2.99. The minimum Gasteiger partial charge on any atom is -0.348 e. The molecule has 0 aromatic carbocycles. The van der Waals surface area contributed by atoms with Crippen molar-refractivity contribution in [1.29, 1.82) is 0 Å². The minimum absolute atomic E-state index is 0.104. The van der Waals surface area contributed by atoms with Gasteiger partial charge in [0.1, 0.15) is 0 Å². The Morgan fingerprint density at radius 1 is 1.41 bits per heavy atom. The Balaban J connectivity index is 2.13. The molecule has 4 heteroatoms. The van der Waals surface area contributed by atoms with Crippen molar-refractivity contribution in [2.24, 2.45) is 11.7 Å². The first kappa shape index (κ1) is 12.8. The molecule has 2 rings (SSSR count). The summed E-state index contributed by atoms with van der Waals surface area (Å²) in [7, 11) is 0. The molecule has 3 nitrogen and oxygen atoms in total. The molecular weight excluding hydrogens is 230 g/mol. The largest absolute Gasteiger partial charge is 0.348 e. The van der Waals surface area contributed by atoms with Gasteiger partial charge in [0.15, 0.2) is 5.13 Å². The van der Waals surface area contributed by atoms with Crippen LogP contribution in [0, 0.1) is 12.8 Å². The molecule has 96 valence electrons. The summed E-state index contributed by atoms with van der Waals surface area (Å²) in [6.45, 7) is 8.75. The fourth-order valence-corrected chi connectivity index (χ4v) is 3.48. The average molecular weight is 253 g/mol. The minimum atomic E-state index is 0.104. The molecule has 0 spiro atoms.